The van der Waals surface area contributed by atoms with Gasteiger partial charge < -0.3 is 5.11 Å². The molecule has 2 heteroatoms. The van der Waals surface area contributed by atoms with Crippen molar-refractivity contribution >= 4 is 0 Å². The Hall–Kier alpha value is -2.86. The molecule has 1 aliphatic heterocycles. The minimum absolute atomic E-state index is 0.0580. The maximum atomic E-state index is 12.1. The largest absolute Gasteiger partial charge is 0.377 e. The summed E-state index contributed by atoms with van der Waals surface area (Å²) in [6, 6.07) is 31.0. The standard InChI is InChI=1S/C28H29NO/c1-21-26(24-15-9-5-10-16-24)29(3)27(25-17-11-6-12-18-25)22(2)28(21,30)20-19-23-13-7-4-8-14-23/h4-18,21-22,26-27,30H,1-3H3/t21-,22+,26-,27+,28?. The molecule has 0 bridgehead atoms. The Labute approximate surface area is 180 Å². The van der Waals surface area contributed by atoms with E-state index in [9.17, 15) is 5.11 Å². The molecule has 1 saturated heterocycles. The van der Waals surface area contributed by atoms with E-state index in [-0.39, 0.29) is 23.9 Å². The van der Waals surface area contributed by atoms with Crippen molar-refractivity contribution in [3.05, 3.63) is 108 Å². The van der Waals surface area contributed by atoms with E-state index in [0.717, 1.165) is 5.56 Å². The van der Waals surface area contributed by atoms with Gasteiger partial charge in [-0.1, -0.05) is 105 Å². The summed E-state index contributed by atoms with van der Waals surface area (Å²) in [6.45, 7) is 4.26. The third kappa shape index (κ3) is 3.67. The first-order valence-corrected chi connectivity index (χ1v) is 10.6. The molecule has 0 aliphatic carbocycles. The van der Waals surface area contributed by atoms with Gasteiger partial charge in [0.1, 0.15) is 5.60 Å². The lowest BCUT2D eigenvalue weighted by atomic mass is 9.65. The monoisotopic (exact) mass is 395 g/mol. The Morgan fingerprint density at radius 3 is 1.53 bits per heavy atom. The van der Waals surface area contributed by atoms with E-state index < -0.39 is 5.60 Å². The van der Waals surface area contributed by atoms with Crippen molar-refractivity contribution in [2.24, 2.45) is 11.8 Å². The summed E-state index contributed by atoms with van der Waals surface area (Å²) < 4.78 is 0. The zero-order valence-electron chi connectivity index (χ0n) is 17.9. The van der Waals surface area contributed by atoms with E-state index in [1.807, 2.05) is 42.5 Å². The number of benzene rings is 3. The first-order chi connectivity index (χ1) is 14.5. The van der Waals surface area contributed by atoms with Crippen LogP contribution in [-0.2, 0) is 0 Å². The van der Waals surface area contributed by atoms with Gasteiger partial charge in [0.15, 0.2) is 0 Å². The Kier molecular flexibility index (Phi) is 5.77. The van der Waals surface area contributed by atoms with E-state index in [4.69, 9.17) is 0 Å². The van der Waals surface area contributed by atoms with Crippen molar-refractivity contribution in [2.75, 3.05) is 7.05 Å². The molecule has 2 nitrogen and oxygen atoms in total. The van der Waals surface area contributed by atoms with Crippen LogP contribution in [0.15, 0.2) is 91.0 Å². The third-order valence-electron chi connectivity index (χ3n) is 6.68. The maximum Gasteiger partial charge on any atom is 0.134 e. The second-order valence-corrected chi connectivity index (χ2v) is 8.40. The molecule has 3 aromatic carbocycles. The lowest BCUT2D eigenvalue weighted by molar-refractivity contribution is -0.119. The number of rotatable bonds is 2. The molecule has 152 valence electrons. The van der Waals surface area contributed by atoms with E-state index in [2.05, 4.69) is 86.2 Å². The average molecular weight is 396 g/mol. The predicted octanol–water partition coefficient (Wildman–Crippen LogP) is 5.47. The van der Waals surface area contributed by atoms with Gasteiger partial charge in [-0.15, -0.1) is 0 Å². The van der Waals surface area contributed by atoms with E-state index >= 15 is 0 Å². The highest BCUT2D eigenvalue weighted by Gasteiger charge is 2.53. The molecule has 1 unspecified atom stereocenters. The van der Waals surface area contributed by atoms with Crippen LogP contribution in [0, 0.1) is 23.7 Å². The first-order valence-electron chi connectivity index (χ1n) is 10.6. The van der Waals surface area contributed by atoms with E-state index in [1.165, 1.54) is 11.1 Å². The number of hydrogen-bond donors (Lipinski definition) is 1. The normalized spacial score (nSPS) is 29.1. The van der Waals surface area contributed by atoms with Gasteiger partial charge in [-0.3, -0.25) is 4.90 Å². The number of piperidine rings is 1. The van der Waals surface area contributed by atoms with Gasteiger partial charge in [0.05, 0.1) is 0 Å². The molecule has 0 amide bonds. The van der Waals surface area contributed by atoms with Crippen LogP contribution < -0.4 is 0 Å². The number of hydrogen-bond acceptors (Lipinski definition) is 2. The van der Waals surface area contributed by atoms with Crippen molar-refractivity contribution in [3.8, 4) is 11.8 Å². The summed E-state index contributed by atoms with van der Waals surface area (Å²) in [7, 11) is 2.17. The van der Waals surface area contributed by atoms with E-state index in [1.54, 1.807) is 0 Å². The molecule has 30 heavy (non-hydrogen) atoms. The van der Waals surface area contributed by atoms with Crippen LogP contribution in [0.25, 0.3) is 0 Å². The summed E-state index contributed by atoms with van der Waals surface area (Å²) in [5, 5.41) is 12.1. The fraction of sp³-hybridized carbons (Fsp3) is 0.286. The lowest BCUT2D eigenvalue weighted by Crippen LogP contribution is -2.57. The van der Waals surface area contributed by atoms with E-state index in [0.29, 0.717) is 0 Å². The Bertz CT molecular complexity index is 966. The van der Waals surface area contributed by atoms with Crippen LogP contribution in [0.5, 0.6) is 0 Å². The summed E-state index contributed by atoms with van der Waals surface area (Å²) in [6.07, 6.45) is 0. The van der Waals surface area contributed by atoms with Crippen molar-refractivity contribution in [1.29, 1.82) is 0 Å². The summed E-state index contributed by atoms with van der Waals surface area (Å²) in [4.78, 5) is 2.42. The first kappa shape index (κ1) is 20.4. The van der Waals surface area contributed by atoms with Crippen LogP contribution in [-0.4, -0.2) is 22.7 Å². The van der Waals surface area contributed by atoms with Crippen LogP contribution in [0.3, 0.4) is 0 Å². The number of nitrogens with zero attached hydrogens (tertiary/aromatic N) is 1. The van der Waals surface area contributed by atoms with Crippen LogP contribution >= 0.6 is 0 Å². The summed E-state index contributed by atoms with van der Waals surface area (Å²) in [5.74, 6) is 6.45. The van der Waals surface area contributed by atoms with Crippen molar-refractivity contribution in [1.82, 2.24) is 4.90 Å². The van der Waals surface area contributed by atoms with Gasteiger partial charge in [0.25, 0.3) is 0 Å². The molecule has 1 aliphatic rings. The molecule has 0 saturated carbocycles. The van der Waals surface area contributed by atoms with Gasteiger partial charge in [-0.05, 0) is 30.3 Å². The van der Waals surface area contributed by atoms with Crippen LogP contribution in [0.2, 0.25) is 0 Å². The third-order valence-corrected chi connectivity index (χ3v) is 6.68. The average Bonchev–Trinajstić information content (AvgIpc) is 2.79. The van der Waals surface area contributed by atoms with Crippen molar-refractivity contribution in [2.45, 2.75) is 31.5 Å². The van der Waals surface area contributed by atoms with Crippen LogP contribution in [0.4, 0.5) is 0 Å². The zero-order valence-corrected chi connectivity index (χ0v) is 17.9. The van der Waals surface area contributed by atoms with Gasteiger partial charge >= 0.3 is 0 Å². The zero-order chi connectivity index (χ0) is 21.1. The van der Waals surface area contributed by atoms with Crippen LogP contribution in [0.1, 0.15) is 42.6 Å². The molecule has 1 heterocycles. The number of likely N-dealkylation sites (tertiary alicyclic amines) is 1. The highest BCUT2D eigenvalue weighted by atomic mass is 16.3. The second-order valence-electron chi connectivity index (χ2n) is 8.40. The quantitative estimate of drug-likeness (QED) is 0.582. The fourth-order valence-electron chi connectivity index (χ4n) is 5.04. The van der Waals surface area contributed by atoms with Crippen molar-refractivity contribution < 1.29 is 5.11 Å². The topological polar surface area (TPSA) is 23.5 Å². The molecule has 1 N–H and O–H groups in total. The Morgan fingerprint density at radius 2 is 1.10 bits per heavy atom. The molecule has 3 aromatic rings. The SMILES string of the molecule is C[C@@H]1[C@H](c2ccccc2)N(C)[C@H](c2ccccc2)[C@H](C)C1(O)C#Cc1ccccc1. The lowest BCUT2D eigenvalue weighted by Gasteiger charge is -2.54. The van der Waals surface area contributed by atoms with Gasteiger partial charge in [0.2, 0.25) is 0 Å². The Balaban J connectivity index is 1.83. The van der Waals surface area contributed by atoms with Gasteiger partial charge in [-0.25, -0.2) is 0 Å². The molecule has 0 radical (unpaired) electrons. The second kappa shape index (κ2) is 8.48. The smallest absolute Gasteiger partial charge is 0.134 e. The molecule has 5 atom stereocenters. The molecular weight excluding hydrogens is 366 g/mol. The van der Waals surface area contributed by atoms with Gasteiger partial charge in [0, 0.05) is 29.5 Å². The molecule has 4 rings (SSSR count). The highest BCUT2D eigenvalue weighted by molar-refractivity contribution is 5.39. The minimum atomic E-state index is -1.12. The predicted molar refractivity (Wildman–Crippen MR) is 123 cm³/mol. The molecule has 1 fully saturated rings. The maximum absolute atomic E-state index is 12.1. The van der Waals surface area contributed by atoms with Crippen molar-refractivity contribution in [3.63, 3.8) is 0 Å². The highest BCUT2D eigenvalue weighted by Crippen LogP contribution is 2.51. The number of aliphatic hydroxyl groups is 1. The minimum Gasteiger partial charge on any atom is -0.377 e. The fourth-order valence-corrected chi connectivity index (χ4v) is 5.04. The molecule has 0 aromatic heterocycles. The molecule has 0 spiro atoms. The van der Waals surface area contributed by atoms with Gasteiger partial charge in [-0.2, -0.15) is 0 Å². The summed E-state index contributed by atoms with van der Waals surface area (Å²) >= 11 is 0. The summed E-state index contributed by atoms with van der Waals surface area (Å²) in [5.41, 5.74) is 2.22. The molecular formula is C28H29NO. The Morgan fingerprint density at radius 1 is 0.700 bits per heavy atom.